The quantitative estimate of drug-likeness (QED) is 0.560. The lowest BCUT2D eigenvalue weighted by atomic mass is 10.0. The summed E-state index contributed by atoms with van der Waals surface area (Å²) in [7, 11) is 0. The van der Waals surface area contributed by atoms with Crippen molar-refractivity contribution in [1.29, 1.82) is 0 Å². The van der Waals surface area contributed by atoms with Gasteiger partial charge in [0.25, 0.3) is 0 Å². The van der Waals surface area contributed by atoms with Gasteiger partial charge in [-0.05, 0) is 30.3 Å². The zero-order valence-corrected chi connectivity index (χ0v) is 10.9. The van der Waals surface area contributed by atoms with E-state index in [0.717, 1.165) is 0 Å². The van der Waals surface area contributed by atoms with E-state index in [0.29, 0.717) is 27.9 Å². The maximum absolute atomic E-state index is 12.4. The first-order valence-electron chi connectivity index (χ1n) is 5.78. The number of nitrogens with one attached hydrogen (secondary N) is 1. The number of carbonyl (C=O) groups is 1. The Morgan fingerprint density at radius 2 is 2.05 bits per heavy atom. The number of nitrogens with two attached hydrogens (primary N) is 1. The second-order valence-corrected chi connectivity index (χ2v) is 4.64. The normalized spacial score (nSPS) is 10.8. The van der Waals surface area contributed by atoms with E-state index >= 15 is 0 Å². The third-order valence-corrected chi connectivity index (χ3v) is 3.38. The molecule has 0 aliphatic heterocycles. The van der Waals surface area contributed by atoms with Gasteiger partial charge in [0.1, 0.15) is 0 Å². The Labute approximate surface area is 118 Å². The minimum atomic E-state index is -0.563. The van der Waals surface area contributed by atoms with E-state index in [1.165, 1.54) is 6.07 Å². The Morgan fingerprint density at radius 1 is 1.25 bits per heavy atom. The highest BCUT2D eigenvalue weighted by atomic mass is 35.5. The first-order chi connectivity index (χ1) is 9.56. The molecule has 20 heavy (non-hydrogen) atoms. The summed E-state index contributed by atoms with van der Waals surface area (Å²) in [5.41, 5.74) is 7.55. The lowest BCUT2D eigenvalue weighted by molar-refractivity contribution is 0.103. The van der Waals surface area contributed by atoms with Crippen molar-refractivity contribution >= 4 is 34.2 Å². The summed E-state index contributed by atoms with van der Waals surface area (Å²) in [5.74, 6) is -0.848. The average Bonchev–Trinajstić information content (AvgIpc) is 2.80. The van der Waals surface area contributed by atoms with E-state index in [4.69, 9.17) is 21.8 Å². The molecular formula is C14H9ClN2O3. The van der Waals surface area contributed by atoms with Gasteiger partial charge in [0.2, 0.25) is 0 Å². The zero-order valence-electron chi connectivity index (χ0n) is 10.1. The highest BCUT2D eigenvalue weighted by Crippen LogP contribution is 2.26. The molecule has 0 amide bonds. The highest BCUT2D eigenvalue weighted by molar-refractivity contribution is 6.37. The predicted molar refractivity (Wildman–Crippen MR) is 76.1 cm³/mol. The number of carbonyl (C=O) groups excluding carboxylic acids is 1. The number of rotatable bonds is 2. The smallest absolute Gasteiger partial charge is 0.408 e. The molecule has 0 unspecified atom stereocenters. The topological polar surface area (TPSA) is 89.1 Å². The molecule has 0 spiro atoms. The summed E-state index contributed by atoms with van der Waals surface area (Å²) in [6.45, 7) is 0. The number of aromatic amines is 1. The van der Waals surface area contributed by atoms with Gasteiger partial charge in [-0.15, -0.1) is 0 Å². The molecule has 0 saturated heterocycles. The minimum Gasteiger partial charge on any atom is -0.408 e. The fraction of sp³-hybridized carbons (Fsp3) is 0. The molecule has 0 aliphatic carbocycles. The molecule has 3 N–H and O–H groups in total. The number of aromatic nitrogens is 1. The Morgan fingerprint density at radius 3 is 2.85 bits per heavy atom. The van der Waals surface area contributed by atoms with E-state index in [1.807, 2.05) is 0 Å². The number of ketones is 1. The Bertz CT molecular complexity index is 880. The van der Waals surface area contributed by atoms with E-state index < -0.39 is 5.76 Å². The molecule has 2 aromatic carbocycles. The summed E-state index contributed by atoms with van der Waals surface area (Å²) < 4.78 is 4.93. The lowest BCUT2D eigenvalue weighted by Gasteiger charge is -2.05. The van der Waals surface area contributed by atoms with Crippen molar-refractivity contribution in [2.45, 2.75) is 0 Å². The summed E-state index contributed by atoms with van der Waals surface area (Å²) in [4.78, 5) is 26.0. The maximum atomic E-state index is 12.4. The number of H-pyrrole nitrogens is 1. The predicted octanol–water partition coefficient (Wildman–Crippen LogP) is 2.59. The fourth-order valence-electron chi connectivity index (χ4n) is 1.97. The number of fused-ring (bicyclic) bond motifs is 1. The largest absolute Gasteiger partial charge is 0.417 e. The number of oxazole rings is 1. The molecule has 0 fully saturated rings. The Balaban J connectivity index is 2.12. The Hall–Kier alpha value is -2.53. The molecule has 5 nitrogen and oxygen atoms in total. The van der Waals surface area contributed by atoms with Gasteiger partial charge < -0.3 is 10.2 Å². The van der Waals surface area contributed by atoms with Crippen molar-refractivity contribution in [3.8, 4) is 0 Å². The van der Waals surface area contributed by atoms with Gasteiger partial charge in [-0.25, -0.2) is 4.79 Å². The van der Waals surface area contributed by atoms with E-state index in [1.54, 1.807) is 30.3 Å². The SMILES string of the molecule is Nc1cccc(C(=O)c2ccc3[nH]c(=O)oc3c2)c1Cl. The standard InChI is InChI=1S/C14H9ClN2O3/c15-12-8(2-1-3-9(12)16)13(18)7-4-5-10-11(6-7)20-14(19)17-10/h1-6H,16H2,(H,17,19). The number of benzene rings is 2. The fourth-order valence-corrected chi connectivity index (χ4v) is 2.18. The number of hydrogen-bond donors (Lipinski definition) is 2. The third kappa shape index (κ3) is 1.98. The molecule has 0 atom stereocenters. The van der Waals surface area contributed by atoms with Gasteiger partial charge in [-0.1, -0.05) is 17.7 Å². The second-order valence-electron chi connectivity index (χ2n) is 4.26. The molecule has 100 valence electrons. The number of halogens is 1. The van der Waals surface area contributed by atoms with Crippen LogP contribution in [0.5, 0.6) is 0 Å². The van der Waals surface area contributed by atoms with Gasteiger partial charge >= 0.3 is 5.76 Å². The van der Waals surface area contributed by atoms with Crippen LogP contribution < -0.4 is 11.5 Å². The van der Waals surface area contributed by atoms with E-state index in [-0.39, 0.29) is 10.8 Å². The minimum absolute atomic E-state index is 0.216. The number of nitrogen functional groups attached to an aromatic ring is 1. The van der Waals surface area contributed by atoms with Crippen molar-refractivity contribution < 1.29 is 9.21 Å². The molecular weight excluding hydrogens is 280 g/mol. The van der Waals surface area contributed by atoms with Crippen LogP contribution in [-0.4, -0.2) is 10.8 Å². The molecule has 3 aromatic rings. The summed E-state index contributed by atoms with van der Waals surface area (Å²) in [5, 5.41) is 0.216. The van der Waals surface area contributed by atoms with Gasteiger partial charge in [-0.3, -0.25) is 9.78 Å². The van der Waals surface area contributed by atoms with Gasteiger partial charge in [0, 0.05) is 11.1 Å². The number of hydrogen-bond acceptors (Lipinski definition) is 4. The van der Waals surface area contributed by atoms with Crippen LogP contribution in [0.15, 0.2) is 45.6 Å². The molecule has 0 radical (unpaired) electrons. The van der Waals surface area contributed by atoms with Crippen LogP contribution in [0.2, 0.25) is 5.02 Å². The van der Waals surface area contributed by atoms with Crippen LogP contribution in [0.1, 0.15) is 15.9 Å². The third-order valence-electron chi connectivity index (χ3n) is 2.96. The Kier molecular flexibility index (Phi) is 2.84. The lowest BCUT2D eigenvalue weighted by Crippen LogP contribution is -2.03. The molecule has 6 heteroatoms. The maximum Gasteiger partial charge on any atom is 0.417 e. The van der Waals surface area contributed by atoms with Crippen molar-refractivity contribution in [3.05, 3.63) is 63.1 Å². The van der Waals surface area contributed by atoms with Gasteiger partial charge in [0.15, 0.2) is 11.4 Å². The van der Waals surface area contributed by atoms with Crippen LogP contribution in [-0.2, 0) is 0 Å². The monoisotopic (exact) mass is 288 g/mol. The van der Waals surface area contributed by atoms with Crippen LogP contribution >= 0.6 is 11.6 Å². The summed E-state index contributed by atoms with van der Waals surface area (Å²) >= 11 is 6.03. The summed E-state index contributed by atoms with van der Waals surface area (Å²) in [6, 6.07) is 9.56. The molecule has 0 bridgehead atoms. The first-order valence-corrected chi connectivity index (χ1v) is 6.15. The molecule has 1 heterocycles. The zero-order chi connectivity index (χ0) is 14.3. The van der Waals surface area contributed by atoms with Crippen LogP contribution in [0.25, 0.3) is 11.1 Å². The van der Waals surface area contributed by atoms with Crippen molar-refractivity contribution in [1.82, 2.24) is 4.98 Å². The van der Waals surface area contributed by atoms with Crippen LogP contribution in [0, 0.1) is 0 Å². The van der Waals surface area contributed by atoms with Crippen molar-refractivity contribution in [2.75, 3.05) is 5.73 Å². The molecule has 1 aromatic heterocycles. The first kappa shape index (κ1) is 12.5. The molecule has 3 rings (SSSR count). The van der Waals surface area contributed by atoms with Gasteiger partial charge in [0.05, 0.1) is 16.2 Å². The van der Waals surface area contributed by atoms with Crippen molar-refractivity contribution in [3.63, 3.8) is 0 Å². The molecule has 0 saturated carbocycles. The molecule has 0 aliphatic rings. The number of anilines is 1. The van der Waals surface area contributed by atoms with Gasteiger partial charge in [-0.2, -0.15) is 0 Å². The summed E-state index contributed by atoms with van der Waals surface area (Å²) in [6.07, 6.45) is 0. The van der Waals surface area contributed by atoms with E-state index in [9.17, 15) is 9.59 Å². The van der Waals surface area contributed by atoms with Crippen LogP contribution in [0.4, 0.5) is 5.69 Å². The average molecular weight is 289 g/mol. The highest BCUT2D eigenvalue weighted by Gasteiger charge is 2.15. The van der Waals surface area contributed by atoms with E-state index in [2.05, 4.69) is 4.98 Å². The van der Waals surface area contributed by atoms with Crippen LogP contribution in [0.3, 0.4) is 0 Å². The second kappa shape index (κ2) is 4.54. The van der Waals surface area contributed by atoms with Crippen molar-refractivity contribution in [2.24, 2.45) is 0 Å².